The molecule has 12 nitrogen and oxygen atoms in total. The first-order valence-electron chi connectivity index (χ1n) is 16.7. The molecule has 0 radical (unpaired) electrons. The van der Waals surface area contributed by atoms with E-state index in [1.54, 1.807) is 16.6 Å². The number of hydrogen-bond donors (Lipinski definition) is 3. The van der Waals surface area contributed by atoms with E-state index in [1.807, 2.05) is 26.8 Å². The number of carbonyl (C=O) groups excluding carboxylic acids is 2. The van der Waals surface area contributed by atoms with Crippen molar-refractivity contribution in [3.63, 3.8) is 0 Å². The highest BCUT2D eigenvalue weighted by molar-refractivity contribution is 6.33. The predicted molar refractivity (Wildman–Crippen MR) is 185 cm³/mol. The monoisotopic (exact) mass is 731 g/mol. The number of amides is 2. The number of carbonyl (C=O) groups is 2. The van der Waals surface area contributed by atoms with Gasteiger partial charge in [0.05, 0.1) is 29.5 Å². The number of anilines is 1. The Hall–Kier alpha value is -4.63. The van der Waals surface area contributed by atoms with Gasteiger partial charge in [-0.05, 0) is 73.4 Å². The van der Waals surface area contributed by atoms with Crippen LogP contribution in [0.1, 0.15) is 72.7 Å². The minimum atomic E-state index is -4.62. The number of fused-ring (bicyclic) bond motifs is 1. The highest BCUT2D eigenvalue weighted by Gasteiger charge is 2.39. The Bertz CT molecular complexity index is 1930. The molecule has 2 aliphatic rings. The Kier molecular flexibility index (Phi) is 11.6. The topological polar surface area (TPSA) is 147 Å². The van der Waals surface area contributed by atoms with Crippen LogP contribution in [0.3, 0.4) is 0 Å². The van der Waals surface area contributed by atoms with Crippen molar-refractivity contribution < 1.29 is 32.6 Å². The number of nitrogens with zero attached hydrogens (tertiary/aromatic N) is 5. The fourth-order valence-corrected chi connectivity index (χ4v) is 7.05. The van der Waals surface area contributed by atoms with Crippen LogP contribution in [0.5, 0.6) is 5.75 Å². The van der Waals surface area contributed by atoms with Crippen molar-refractivity contribution >= 4 is 34.7 Å². The lowest BCUT2D eigenvalue weighted by atomic mass is 9.80. The number of rotatable bonds is 10. The summed E-state index contributed by atoms with van der Waals surface area (Å²) in [4.78, 5) is 47.3. The summed E-state index contributed by atoms with van der Waals surface area (Å²) in [7, 11) is 1.77. The highest BCUT2D eigenvalue weighted by atomic mass is 35.5. The summed E-state index contributed by atoms with van der Waals surface area (Å²) >= 11 is 6.11. The van der Waals surface area contributed by atoms with Gasteiger partial charge in [-0.1, -0.05) is 37.9 Å². The van der Waals surface area contributed by atoms with Gasteiger partial charge in [0.2, 0.25) is 5.91 Å². The number of halogens is 4. The van der Waals surface area contributed by atoms with Gasteiger partial charge in [-0.3, -0.25) is 19.1 Å². The van der Waals surface area contributed by atoms with E-state index in [-0.39, 0.29) is 46.5 Å². The lowest BCUT2D eigenvalue weighted by Gasteiger charge is -2.32. The van der Waals surface area contributed by atoms with Crippen LogP contribution in [0.15, 0.2) is 47.4 Å². The molecule has 0 fully saturated rings. The fraction of sp³-hybridized carbons (Fsp3) is 0.457. The van der Waals surface area contributed by atoms with Crippen LogP contribution in [0.4, 0.5) is 18.9 Å². The van der Waals surface area contributed by atoms with Gasteiger partial charge >= 0.3 is 6.18 Å². The quantitative estimate of drug-likeness (QED) is 0.242. The molecule has 1 aliphatic heterocycles. The van der Waals surface area contributed by atoms with Gasteiger partial charge in [-0.15, -0.1) is 5.10 Å². The number of aryl methyl sites for hydroxylation is 1. The van der Waals surface area contributed by atoms with E-state index < -0.39 is 35.7 Å². The normalized spacial score (nSPS) is 17.7. The second-order valence-corrected chi connectivity index (χ2v) is 13.1. The van der Waals surface area contributed by atoms with E-state index in [1.165, 1.54) is 18.3 Å². The van der Waals surface area contributed by atoms with Crippen LogP contribution in [0.25, 0.3) is 5.57 Å². The van der Waals surface area contributed by atoms with Gasteiger partial charge in [0.25, 0.3) is 11.5 Å². The Morgan fingerprint density at radius 1 is 1.25 bits per heavy atom. The number of benzene rings is 1. The molecule has 5 rings (SSSR count). The summed E-state index contributed by atoms with van der Waals surface area (Å²) in [6.45, 7) is 6.66. The van der Waals surface area contributed by atoms with Crippen LogP contribution in [0, 0.1) is 11.8 Å². The first-order valence-corrected chi connectivity index (χ1v) is 17.1. The third-order valence-corrected chi connectivity index (χ3v) is 9.67. The minimum Gasteiger partial charge on any atom is -0.505 e. The molecule has 2 unspecified atom stereocenters. The number of nitrogens with one attached hydrogen (secondary N) is 2. The molecule has 3 aromatic rings. The summed E-state index contributed by atoms with van der Waals surface area (Å²) in [5.41, 5.74) is 0.285. The average molecular weight is 732 g/mol. The highest BCUT2D eigenvalue weighted by Crippen LogP contribution is 2.42. The van der Waals surface area contributed by atoms with E-state index in [0.29, 0.717) is 56.1 Å². The number of ether oxygens (including phenoxy) is 1. The van der Waals surface area contributed by atoms with Crippen LogP contribution in [-0.4, -0.2) is 72.7 Å². The van der Waals surface area contributed by atoms with Crippen molar-refractivity contribution in [1.82, 2.24) is 29.4 Å². The predicted octanol–water partition coefficient (Wildman–Crippen LogP) is 5.71. The molecular weight excluding hydrogens is 691 g/mol. The first-order chi connectivity index (χ1) is 24.2. The molecule has 274 valence electrons. The number of alkyl halides is 3. The number of aromatic hydroxyl groups is 1. The second kappa shape index (κ2) is 15.7. The summed E-state index contributed by atoms with van der Waals surface area (Å²) in [6.07, 6.45) is 0.281. The van der Waals surface area contributed by atoms with Gasteiger partial charge < -0.3 is 25.2 Å². The fourth-order valence-electron chi connectivity index (χ4n) is 6.83. The smallest absolute Gasteiger partial charge is 0.416 e. The van der Waals surface area contributed by atoms with E-state index in [9.17, 15) is 32.7 Å². The van der Waals surface area contributed by atoms with Crippen molar-refractivity contribution in [2.45, 2.75) is 58.7 Å². The molecule has 0 saturated carbocycles. The second-order valence-electron chi connectivity index (χ2n) is 12.7. The van der Waals surface area contributed by atoms with E-state index >= 15 is 0 Å². The molecule has 0 bridgehead atoms. The first kappa shape index (κ1) is 37.6. The zero-order chi connectivity index (χ0) is 37.0. The third-order valence-electron chi connectivity index (χ3n) is 9.36. The van der Waals surface area contributed by atoms with Gasteiger partial charge in [0.15, 0.2) is 11.5 Å². The average Bonchev–Trinajstić information content (AvgIpc) is 3.41. The standard InChI is InChI=1S/C35H41ClF3N7O5/c1-5-21(18-45(6-2)34(50)31-27(47)8-7-13-40-31)29-20(3)16-26-30(29)33(49)46(43-32(44(4)42-26)22-11-14-51-15-12-22)19-28(48)41-25-10-9-23(17-24(25)36)35(37,38)39/h7-11,13,17,20-21,29,42,47H,5-6,12,14-16,18-19H2,1-4H3,(H,41,48)/t20?,21-,29?/m0/s1. The van der Waals surface area contributed by atoms with Crippen LogP contribution in [0.2, 0.25) is 5.02 Å². The number of pyridine rings is 1. The Labute approximate surface area is 297 Å². The van der Waals surface area contributed by atoms with Crippen molar-refractivity contribution in [3.05, 3.63) is 86.3 Å². The summed E-state index contributed by atoms with van der Waals surface area (Å²) in [5, 5.41) is 20.6. The Morgan fingerprint density at radius 3 is 2.65 bits per heavy atom. The van der Waals surface area contributed by atoms with Crippen molar-refractivity contribution in [2.75, 3.05) is 31.6 Å². The van der Waals surface area contributed by atoms with Gasteiger partial charge in [-0.2, -0.15) is 13.2 Å². The Balaban J connectivity index is 1.57. The van der Waals surface area contributed by atoms with Gasteiger partial charge in [0.1, 0.15) is 12.3 Å². The number of aromatic amines is 1. The molecule has 0 spiro atoms. The largest absolute Gasteiger partial charge is 0.505 e. The Morgan fingerprint density at radius 2 is 2.02 bits per heavy atom. The molecule has 16 heteroatoms. The van der Waals surface area contributed by atoms with Gasteiger partial charge in [-0.25, -0.2) is 9.67 Å². The number of aromatic nitrogens is 5. The maximum atomic E-state index is 14.7. The number of hydrogen-bond acceptors (Lipinski definition) is 7. The zero-order valence-electron chi connectivity index (χ0n) is 28.8. The molecule has 3 atom stereocenters. The van der Waals surface area contributed by atoms with Crippen LogP contribution >= 0.6 is 11.6 Å². The summed E-state index contributed by atoms with van der Waals surface area (Å²) < 4.78 is 47.9. The molecule has 1 aromatic carbocycles. The molecular formula is C35H41ClF3N7O5. The van der Waals surface area contributed by atoms with Crippen molar-refractivity contribution in [3.8, 4) is 5.75 Å². The molecule has 2 aromatic heterocycles. The van der Waals surface area contributed by atoms with Crippen molar-refractivity contribution in [2.24, 2.45) is 18.9 Å². The molecule has 3 heterocycles. The maximum absolute atomic E-state index is 14.7. The van der Waals surface area contributed by atoms with Crippen LogP contribution in [-0.2, 0) is 35.7 Å². The third kappa shape index (κ3) is 8.30. The maximum Gasteiger partial charge on any atom is 0.416 e. The zero-order valence-corrected chi connectivity index (χ0v) is 29.5. The SMILES string of the molecule is CC[C@@H](CN(CC)C(=O)c1ncccc1O)C1c2c([nH]n(C)c(C3=CCOCC3)nn(CC(=O)Nc3ccc(C(F)(F)F)cc3Cl)c2=O)CC1C. The van der Waals surface area contributed by atoms with E-state index in [4.69, 9.17) is 21.4 Å². The molecule has 2 amide bonds. The minimum absolute atomic E-state index is 0.0488. The van der Waals surface area contributed by atoms with Crippen molar-refractivity contribution in [1.29, 1.82) is 0 Å². The summed E-state index contributed by atoms with van der Waals surface area (Å²) in [6, 6.07) is 5.52. The van der Waals surface area contributed by atoms with Crippen LogP contribution < -0.4 is 10.9 Å². The lowest BCUT2D eigenvalue weighted by molar-refractivity contribution is -0.137. The summed E-state index contributed by atoms with van der Waals surface area (Å²) in [5.74, 6) is -1.59. The molecule has 1 aliphatic carbocycles. The molecule has 3 N–H and O–H groups in total. The molecule has 51 heavy (non-hydrogen) atoms. The molecule has 0 saturated heterocycles. The van der Waals surface area contributed by atoms with E-state index in [2.05, 4.69) is 15.4 Å². The van der Waals surface area contributed by atoms with E-state index in [0.717, 1.165) is 28.5 Å². The lowest BCUT2D eigenvalue weighted by Crippen LogP contribution is -2.39. The number of H-pyrrole nitrogens is 1. The van der Waals surface area contributed by atoms with Gasteiger partial charge in [0, 0.05) is 37.6 Å².